The van der Waals surface area contributed by atoms with Crippen molar-refractivity contribution in [3.05, 3.63) is 53.6 Å². The normalized spacial score (nSPS) is 13.2. The number of methoxy groups -OCH3 is 1. The van der Waals surface area contributed by atoms with Crippen LogP contribution < -0.4 is 24.8 Å². The molecule has 0 heterocycles. The molecule has 0 amide bonds. The highest BCUT2D eigenvalue weighted by molar-refractivity contribution is 14.0. The lowest BCUT2D eigenvalue weighted by Gasteiger charge is -2.15. The Labute approximate surface area is 196 Å². The molecule has 1 aliphatic rings. The van der Waals surface area contributed by atoms with Crippen LogP contribution in [0, 0.1) is 5.92 Å². The van der Waals surface area contributed by atoms with Crippen LogP contribution in [-0.4, -0.2) is 33.3 Å². The molecule has 0 aromatic heterocycles. The van der Waals surface area contributed by atoms with Crippen LogP contribution in [0.2, 0.25) is 0 Å². The zero-order valence-electron chi connectivity index (χ0n) is 17.9. The average molecular weight is 525 g/mol. The van der Waals surface area contributed by atoms with Crippen molar-refractivity contribution in [1.82, 2.24) is 10.6 Å². The first-order valence-corrected chi connectivity index (χ1v) is 10.2. The number of nitrogens with one attached hydrogen (secondary N) is 2. The molecular weight excluding hydrogens is 493 g/mol. The van der Waals surface area contributed by atoms with E-state index in [1.807, 2.05) is 43.3 Å². The van der Waals surface area contributed by atoms with Crippen LogP contribution in [0.3, 0.4) is 0 Å². The van der Waals surface area contributed by atoms with Gasteiger partial charge in [0.05, 0.1) is 20.3 Å². The Morgan fingerprint density at radius 1 is 1.00 bits per heavy atom. The van der Waals surface area contributed by atoms with Gasteiger partial charge in [-0.25, -0.2) is 0 Å². The summed E-state index contributed by atoms with van der Waals surface area (Å²) in [5.74, 6) is 3.89. The molecule has 1 aliphatic carbocycles. The van der Waals surface area contributed by atoms with E-state index < -0.39 is 0 Å². The van der Waals surface area contributed by atoms with Crippen LogP contribution in [0.5, 0.6) is 17.2 Å². The van der Waals surface area contributed by atoms with Crippen LogP contribution in [0.15, 0.2) is 47.5 Å². The minimum absolute atomic E-state index is 0. The van der Waals surface area contributed by atoms with Crippen molar-refractivity contribution in [3.63, 3.8) is 0 Å². The first-order chi connectivity index (χ1) is 14.2. The molecule has 0 radical (unpaired) electrons. The molecule has 3 rings (SSSR count). The van der Waals surface area contributed by atoms with Gasteiger partial charge >= 0.3 is 0 Å². The molecule has 6 nitrogen and oxygen atoms in total. The molecule has 2 N–H and O–H groups in total. The van der Waals surface area contributed by atoms with Crippen LogP contribution in [0.25, 0.3) is 0 Å². The first kappa shape index (κ1) is 24.1. The van der Waals surface area contributed by atoms with Gasteiger partial charge in [-0.1, -0.05) is 24.3 Å². The second-order valence-corrected chi connectivity index (χ2v) is 7.06. The zero-order chi connectivity index (χ0) is 20.5. The van der Waals surface area contributed by atoms with Gasteiger partial charge in [-0.05, 0) is 49.4 Å². The van der Waals surface area contributed by atoms with E-state index in [4.69, 9.17) is 14.2 Å². The fraction of sp³-hybridized carbons (Fsp3) is 0.435. The lowest BCUT2D eigenvalue weighted by atomic mass is 10.2. The lowest BCUT2D eigenvalue weighted by molar-refractivity contribution is 0.296. The molecule has 0 unspecified atom stereocenters. The summed E-state index contributed by atoms with van der Waals surface area (Å²) in [7, 11) is 3.42. The molecular formula is C23H32IN3O3. The lowest BCUT2D eigenvalue weighted by Crippen LogP contribution is -2.36. The number of ether oxygens (including phenoxy) is 3. The summed E-state index contributed by atoms with van der Waals surface area (Å²) in [6.07, 6.45) is 2.57. The van der Waals surface area contributed by atoms with Gasteiger partial charge in [0.2, 0.25) is 0 Å². The Kier molecular flexibility index (Phi) is 10.1. The van der Waals surface area contributed by atoms with E-state index in [1.165, 1.54) is 12.8 Å². The summed E-state index contributed by atoms with van der Waals surface area (Å²) in [5, 5.41) is 6.70. The Bertz CT molecular complexity index is 825. The molecule has 2 aromatic carbocycles. The molecule has 0 atom stereocenters. The topological polar surface area (TPSA) is 64.1 Å². The molecule has 0 bridgehead atoms. The Morgan fingerprint density at radius 3 is 2.47 bits per heavy atom. The summed E-state index contributed by atoms with van der Waals surface area (Å²) in [4.78, 5) is 4.32. The van der Waals surface area contributed by atoms with Gasteiger partial charge in [-0.2, -0.15) is 0 Å². The van der Waals surface area contributed by atoms with Crippen molar-refractivity contribution in [3.8, 4) is 17.2 Å². The number of hydrogen-bond acceptors (Lipinski definition) is 4. The molecule has 7 heteroatoms. The van der Waals surface area contributed by atoms with Crippen molar-refractivity contribution < 1.29 is 14.2 Å². The quantitative estimate of drug-likeness (QED) is 0.274. The molecule has 0 saturated heterocycles. The molecule has 2 aromatic rings. The molecule has 0 spiro atoms. The van der Waals surface area contributed by atoms with E-state index in [0.29, 0.717) is 19.7 Å². The maximum atomic E-state index is 5.99. The Morgan fingerprint density at radius 2 is 1.77 bits per heavy atom. The van der Waals surface area contributed by atoms with Gasteiger partial charge in [0, 0.05) is 25.7 Å². The first-order valence-electron chi connectivity index (χ1n) is 10.2. The van der Waals surface area contributed by atoms with Gasteiger partial charge in [-0.15, -0.1) is 24.0 Å². The maximum absolute atomic E-state index is 5.99. The second kappa shape index (κ2) is 12.5. The van der Waals surface area contributed by atoms with Crippen molar-refractivity contribution in [1.29, 1.82) is 0 Å². The molecule has 1 saturated carbocycles. The summed E-state index contributed by atoms with van der Waals surface area (Å²) < 4.78 is 17.0. The highest BCUT2D eigenvalue weighted by Gasteiger charge is 2.22. The fourth-order valence-electron chi connectivity index (χ4n) is 2.96. The van der Waals surface area contributed by atoms with Gasteiger partial charge < -0.3 is 24.8 Å². The van der Waals surface area contributed by atoms with Crippen LogP contribution in [-0.2, 0) is 13.1 Å². The van der Waals surface area contributed by atoms with Crippen LogP contribution in [0.1, 0.15) is 30.9 Å². The minimum Gasteiger partial charge on any atom is -0.493 e. The molecule has 30 heavy (non-hydrogen) atoms. The van der Waals surface area contributed by atoms with Crippen LogP contribution in [0.4, 0.5) is 0 Å². The van der Waals surface area contributed by atoms with Crippen molar-refractivity contribution in [2.75, 3.05) is 27.4 Å². The number of hydrogen-bond donors (Lipinski definition) is 2. The maximum Gasteiger partial charge on any atom is 0.191 e. The smallest absolute Gasteiger partial charge is 0.191 e. The predicted molar refractivity (Wildman–Crippen MR) is 131 cm³/mol. The zero-order valence-corrected chi connectivity index (χ0v) is 20.3. The second-order valence-electron chi connectivity index (χ2n) is 7.06. The Hall–Kier alpha value is -2.16. The van der Waals surface area contributed by atoms with E-state index in [1.54, 1.807) is 14.2 Å². The number of halogens is 1. The minimum atomic E-state index is 0. The number of guanidine groups is 1. The van der Waals surface area contributed by atoms with E-state index in [9.17, 15) is 0 Å². The number of nitrogens with zero attached hydrogens (tertiary/aromatic N) is 1. The molecule has 0 aliphatic heterocycles. The van der Waals surface area contributed by atoms with Crippen LogP contribution >= 0.6 is 24.0 Å². The number of rotatable bonds is 10. The fourth-order valence-corrected chi connectivity index (χ4v) is 2.96. The third kappa shape index (κ3) is 7.27. The molecule has 1 fully saturated rings. The van der Waals surface area contributed by atoms with E-state index in [-0.39, 0.29) is 24.0 Å². The van der Waals surface area contributed by atoms with E-state index >= 15 is 0 Å². The average Bonchev–Trinajstić information content (AvgIpc) is 3.58. The molecule has 164 valence electrons. The third-order valence-corrected chi connectivity index (χ3v) is 4.80. The Balaban J connectivity index is 0.00000320. The monoisotopic (exact) mass is 525 g/mol. The number of aliphatic imine (C=N–C) groups is 1. The van der Waals surface area contributed by atoms with Gasteiger partial charge in [0.25, 0.3) is 0 Å². The summed E-state index contributed by atoms with van der Waals surface area (Å²) in [6.45, 7) is 4.65. The number of para-hydroxylation sites is 1. The highest BCUT2D eigenvalue weighted by atomic mass is 127. The SMILES string of the molecule is CCOc1ccc(CNC(=NC)NCc2ccccc2OCC2CC2)cc1OC.I. The van der Waals surface area contributed by atoms with E-state index in [2.05, 4.69) is 21.7 Å². The van der Waals surface area contributed by atoms with Gasteiger partial charge in [-0.3, -0.25) is 4.99 Å². The summed E-state index contributed by atoms with van der Waals surface area (Å²) in [5.41, 5.74) is 2.21. The third-order valence-electron chi connectivity index (χ3n) is 4.80. The largest absolute Gasteiger partial charge is 0.493 e. The van der Waals surface area contributed by atoms with Crippen molar-refractivity contribution in [2.45, 2.75) is 32.9 Å². The highest BCUT2D eigenvalue weighted by Crippen LogP contribution is 2.30. The van der Waals surface area contributed by atoms with Gasteiger partial charge in [0.15, 0.2) is 17.5 Å². The van der Waals surface area contributed by atoms with Crippen molar-refractivity contribution in [2.24, 2.45) is 10.9 Å². The van der Waals surface area contributed by atoms with E-state index in [0.717, 1.165) is 46.9 Å². The summed E-state index contributed by atoms with van der Waals surface area (Å²) >= 11 is 0. The van der Waals surface area contributed by atoms with Crippen molar-refractivity contribution >= 4 is 29.9 Å². The number of benzene rings is 2. The van der Waals surface area contributed by atoms with Gasteiger partial charge in [0.1, 0.15) is 5.75 Å². The predicted octanol–water partition coefficient (Wildman–Crippen LogP) is 4.37. The summed E-state index contributed by atoms with van der Waals surface area (Å²) in [6, 6.07) is 14.1. The standard InChI is InChI=1S/C23H31N3O3.HI/c1-4-28-21-12-11-18(13-22(21)27-3)14-25-23(24-2)26-15-19-7-5-6-8-20(19)29-16-17-9-10-17;/h5-8,11-13,17H,4,9-10,14-16H2,1-3H3,(H2,24,25,26);1H.